The van der Waals surface area contributed by atoms with Crippen molar-refractivity contribution >= 4 is 34.7 Å². The molecule has 1 atom stereocenters. The summed E-state index contributed by atoms with van der Waals surface area (Å²) in [6.07, 6.45) is -1.55. The lowest BCUT2D eigenvalue weighted by molar-refractivity contribution is -0.141. The van der Waals surface area contributed by atoms with Crippen molar-refractivity contribution in [3.8, 4) is 11.3 Å². The van der Waals surface area contributed by atoms with Gasteiger partial charge in [-0.15, -0.1) is 11.6 Å². The summed E-state index contributed by atoms with van der Waals surface area (Å²) < 4.78 is 68.8. The standard InChI is InChI=1S/C26H26ClF5N8O/c1-2-15-9-16(3-4-17(15)24(41)40-7-5-25(40,13-27)14-33)36-22-23-35-10-19(39(23)8-6-34-22)18-11-38(12-20(28)29)37-21(18)26(30,31)32/h3-4,6,8-11,20H,2,5,7,12-14,33H2,1H3,(H,34,36). The van der Waals surface area contributed by atoms with Crippen LogP contribution >= 0.6 is 11.6 Å². The van der Waals surface area contributed by atoms with E-state index in [9.17, 15) is 26.7 Å². The van der Waals surface area contributed by atoms with Crippen molar-refractivity contribution in [1.82, 2.24) is 29.0 Å². The fourth-order valence-corrected chi connectivity index (χ4v) is 5.36. The van der Waals surface area contributed by atoms with Crippen LogP contribution in [0.4, 0.5) is 33.5 Å². The third-order valence-corrected chi connectivity index (χ3v) is 7.78. The van der Waals surface area contributed by atoms with Crippen LogP contribution < -0.4 is 11.1 Å². The van der Waals surface area contributed by atoms with Crippen molar-refractivity contribution in [1.29, 1.82) is 0 Å². The van der Waals surface area contributed by atoms with E-state index in [0.717, 1.165) is 18.2 Å². The first-order chi connectivity index (χ1) is 19.5. The Balaban J connectivity index is 1.47. The summed E-state index contributed by atoms with van der Waals surface area (Å²) >= 11 is 6.13. The van der Waals surface area contributed by atoms with Crippen LogP contribution in [-0.2, 0) is 19.1 Å². The Morgan fingerprint density at radius 1 is 1.27 bits per heavy atom. The molecule has 0 saturated carbocycles. The van der Waals surface area contributed by atoms with Gasteiger partial charge in [0.05, 0.1) is 23.0 Å². The molecule has 1 unspecified atom stereocenters. The Morgan fingerprint density at radius 3 is 2.66 bits per heavy atom. The highest BCUT2D eigenvalue weighted by molar-refractivity contribution is 6.19. The maximum Gasteiger partial charge on any atom is 0.435 e. The number of aryl methyl sites for hydroxylation is 1. The number of likely N-dealkylation sites (tertiary alicyclic amines) is 1. The zero-order valence-electron chi connectivity index (χ0n) is 21.8. The molecule has 0 aliphatic carbocycles. The van der Waals surface area contributed by atoms with Crippen LogP contribution in [0.5, 0.6) is 0 Å². The Labute approximate surface area is 236 Å². The predicted molar refractivity (Wildman–Crippen MR) is 142 cm³/mol. The van der Waals surface area contributed by atoms with E-state index in [4.69, 9.17) is 17.3 Å². The van der Waals surface area contributed by atoms with Gasteiger partial charge in [-0.2, -0.15) is 18.3 Å². The molecule has 3 aromatic heterocycles. The number of rotatable bonds is 9. The number of fused-ring (bicyclic) bond motifs is 1. The molecule has 9 nitrogen and oxygen atoms in total. The number of alkyl halides is 6. The minimum absolute atomic E-state index is 0.00529. The number of carbonyl (C=O) groups is 1. The van der Waals surface area contributed by atoms with E-state index >= 15 is 0 Å². The number of benzene rings is 1. The van der Waals surface area contributed by atoms with Crippen molar-refractivity contribution in [2.75, 3.05) is 24.3 Å². The zero-order valence-corrected chi connectivity index (χ0v) is 22.6. The highest BCUT2D eigenvalue weighted by Gasteiger charge is 2.46. The van der Waals surface area contributed by atoms with Crippen molar-refractivity contribution in [2.45, 2.75) is 44.5 Å². The zero-order chi connectivity index (χ0) is 29.5. The maximum atomic E-state index is 13.7. The maximum absolute atomic E-state index is 13.7. The van der Waals surface area contributed by atoms with Crippen molar-refractivity contribution in [3.05, 3.63) is 59.8 Å². The molecule has 0 bridgehead atoms. The molecule has 0 radical (unpaired) electrons. The highest BCUT2D eigenvalue weighted by atomic mass is 35.5. The number of halogens is 6. The van der Waals surface area contributed by atoms with Crippen molar-refractivity contribution in [2.24, 2.45) is 5.73 Å². The van der Waals surface area contributed by atoms with E-state index in [-0.39, 0.29) is 35.5 Å². The molecule has 41 heavy (non-hydrogen) atoms. The molecule has 3 N–H and O–H groups in total. The molecular weight excluding hydrogens is 571 g/mol. The van der Waals surface area contributed by atoms with Gasteiger partial charge in [0.25, 0.3) is 12.3 Å². The van der Waals surface area contributed by atoms with E-state index in [1.54, 1.807) is 23.1 Å². The van der Waals surface area contributed by atoms with Gasteiger partial charge in [0.15, 0.2) is 17.2 Å². The molecule has 4 aromatic rings. The topological polar surface area (TPSA) is 106 Å². The summed E-state index contributed by atoms with van der Waals surface area (Å²) in [5.41, 5.74) is 5.74. The largest absolute Gasteiger partial charge is 0.435 e. The fraction of sp³-hybridized carbons (Fsp3) is 0.385. The number of anilines is 2. The Bertz CT molecular complexity index is 1570. The number of amides is 1. The van der Waals surface area contributed by atoms with Gasteiger partial charge in [-0.1, -0.05) is 6.92 Å². The van der Waals surface area contributed by atoms with Gasteiger partial charge in [-0.25, -0.2) is 18.7 Å². The van der Waals surface area contributed by atoms with Gasteiger partial charge in [-0.05, 0) is 36.6 Å². The number of hydrogen-bond acceptors (Lipinski definition) is 6. The molecule has 1 amide bonds. The first-order valence-electron chi connectivity index (χ1n) is 12.7. The first kappa shape index (κ1) is 28.7. The number of nitrogens with one attached hydrogen (secondary N) is 1. The third-order valence-electron chi connectivity index (χ3n) is 7.29. The average molecular weight is 597 g/mol. The van der Waals surface area contributed by atoms with Gasteiger partial charge in [0, 0.05) is 48.8 Å². The summed E-state index contributed by atoms with van der Waals surface area (Å²) in [7, 11) is 0. The van der Waals surface area contributed by atoms with Crippen LogP contribution in [-0.4, -0.2) is 65.9 Å². The molecule has 1 aliphatic rings. The molecule has 0 spiro atoms. The minimum Gasteiger partial charge on any atom is -0.337 e. The van der Waals surface area contributed by atoms with E-state index in [1.165, 1.54) is 23.0 Å². The van der Waals surface area contributed by atoms with Gasteiger partial charge in [-0.3, -0.25) is 13.9 Å². The molecule has 1 fully saturated rings. The summed E-state index contributed by atoms with van der Waals surface area (Å²) in [4.78, 5) is 23.6. The van der Waals surface area contributed by atoms with Crippen molar-refractivity contribution in [3.63, 3.8) is 0 Å². The van der Waals surface area contributed by atoms with Gasteiger partial charge >= 0.3 is 6.18 Å². The van der Waals surface area contributed by atoms with Crippen LogP contribution in [0.15, 0.2) is 43.0 Å². The van der Waals surface area contributed by atoms with Crippen LogP contribution in [0, 0.1) is 0 Å². The average Bonchev–Trinajstić information content (AvgIpc) is 3.53. The second-order valence-corrected chi connectivity index (χ2v) is 10.0. The third kappa shape index (κ3) is 5.21. The Hall–Kier alpha value is -3.78. The van der Waals surface area contributed by atoms with E-state index in [0.29, 0.717) is 28.9 Å². The molecular formula is C26H26ClF5N8O. The molecule has 1 aliphatic heterocycles. The lowest BCUT2D eigenvalue weighted by Gasteiger charge is -2.51. The SMILES string of the molecule is CCc1cc(Nc2nccn3c(-c4cn(CC(F)F)nc4C(F)(F)F)cnc23)ccc1C(=O)N1CCC1(CN)CCl. The number of nitrogens with zero attached hydrogens (tertiary/aromatic N) is 6. The van der Waals surface area contributed by atoms with Crippen LogP contribution in [0.25, 0.3) is 16.9 Å². The lowest BCUT2D eigenvalue weighted by Crippen LogP contribution is -2.67. The van der Waals surface area contributed by atoms with Crippen LogP contribution in [0.1, 0.15) is 35.0 Å². The second kappa shape index (κ2) is 10.9. The highest BCUT2D eigenvalue weighted by Crippen LogP contribution is 2.37. The Kier molecular flexibility index (Phi) is 7.64. The number of carbonyl (C=O) groups excluding carboxylic acids is 1. The number of nitrogens with two attached hydrogens (primary N) is 1. The normalized spacial score (nSPS) is 17.3. The van der Waals surface area contributed by atoms with Gasteiger partial charge in [0.1, 0.15) is 6.54 Å². The van der Waals surface area contributed by atoms with E-state index < -0.39 is 35.9 Å². The number of imidazole rings is 1. The minimum atomic E-state index is -4.87. The van der Waals surface area contributed by atoms with Crippen molar-refractivity contribution < 1.29 is 26.7 Å². The molecule has 4 heterocycles. The molecule has 1 aromatic carbocycles. The molecule has 1 saturated heterocycles. The first-order valence-corrected chi connectivity index (χ1v) is 13.3. The van der Waals surface area contributed by atoms with Crippen LogP contribution in [0.2, 0.25) is 0 Å². The van der Waals surface area contributed by atoms with Gasteiger partial charge < -0.3 is 16.0 Å². The smallest absolute Gasteiger partial charge is 0.337 e. The van der Waals surface area contributed by atoms with E-state index in [2.05, 4.69) is 20.4 Å². The number of aromatic nitrogens is 5. The predicted octanol–water partition coefficient (Wildman–Crippen LogP) is 4.96. The lowest BCUT2D eigenvalue weighted by atomic mass is 9.85. The summed E-state index contributed by atoms with van der Waals surface area (Å²) in [6.45, 7) is 1.76. The Morgan fingerprint density at radius 2 is 2.05 bits per heavy atom. The molecule has 218 valence electrons. The second-order valence-electron chi connectivity index (χ2n) is 9.73. The molecule has 5 rings (SSSR count). The summed E-state index contributed by atoms with van der Waals surface area (Å²) in [6, 6.07) is 5.19. The summed E-state index contributed by atoms with van der Waals surface area (Å²) in [5, 5.41) is 6.47. The molecule has 15 heteroatoms. The summed E-state index contributed by atoms with van der Waals surface area (Å²) in [5.74, 6) is 0.327. The van der Waals surface area contributed by atoms with Gasteiger partial charge in [0.2, 0.25) is 0 Å². The quantitative estimate of drug-likeness (QED) is 0.209. The fourth-order valence-electron chi connectivity index (χ4n) is 4.98. The number of hydrogen-bond donors (Lipinski definition) is 2. The monoisotopic (exact) mass is 596 g/mol. The van der Waals surface area contributed by atoms with E-state index in [1.807, 2.05) is 6.92 Å². The van der Waals surface area contributed by atoms with Crippen LogP contribution in [0.3, 0.4) is 0 Å².